The number of hydrogen-bond acceptors (Lipinski definition) is 4. The van der Waals surface area contributed by atoms with Crippen LogP contribution in [0.2, 0.25) is 5.02 Å². The number of carbonyl (C=O) groups excluding carboxylic acids is 1. The standard InChI is InChI=1S/C23H21ClN4O2/c1-23(2,3)28-22(30)19-14-27(26-20(19)12-25-28)13-15-4-6-16(7-5-15)21(29)17-8-10-18(24)11-9-17/h4-12,14H,13H2,1-3H3. The van der Waals surface area contributed by atoms with Crippen LogP contribution in [0.3, 0.4) is 0 Å². The van der Waals surface area contributed by atoms with Crippen LogP contribution < -0.4 is 5.56 Å². The third kappa shape index (κ3) is 3.91. The topological polar surface area (TPSA) is 69.8 Å². The summed E-state index contributed by atoms with van der Waals surface area (Å²) in [5.74, 6) is -0.0585. The van der Waals surface area contributed by atoms with Crippen molar-refractivity contribution in [3.05, 3.63) is 93.0 Å². The van der Waals surface area contributed by atoms with E-state index in [0.717, 1.165) is 5.56 Å². The summed E-state index contributed by atoms with van der Waals surface area (Å²) < 4.78 is 3.19. The molecular weight excluding hydrogens is 400 g/mol. The number of ketones is 1. The summed E-state index contributed by atoms with van der Waals surface area (Å²) in [7, 11) is 0. The van der Waals surface area contributed by atoms with Crippen molar-refractivity contribution in [1.82, 2.24) is 19.6 Å². The van der Waals surface area contributed by atoms with Crippen molar-refractivity contribution in [2.75, 3.05) is 0 Å². The Bertz CT molecular complexity index is 1280. The summed E-state index contributed by atoms with van der Waals surface area (Å²) in [6, 6.07) is 14.2. The minimum atomic E-state index is -0.403. The zero-order valence-electron chi connectivity index (χ0n) is 17.0. The summed E-state index contributed by atoms with van der Waals surface area (Å²) in [4.78, 5) is 25.3. The summed E-state index contributed by atoms with van der Waals surface area (Å²) >= 11 is 5.89. The number of carbonyl (C=O) groups is 1. The number of hydrogen-bond donors (Lipinski definition) is 0. The van der Waals surface area contributed by atoms with E-state index in [0.29, 0.717) is 33.6 Å². The Morgan fingerprint density at radius 1 is 1.00 bits per heavy atom. The van der Waals surface area contributed by atoms with Crippen molar-refractivity contribution < 1.29 is 4.79 Å². The van der Waals surface area contributed by atoms with Crippen LogP contribution in [0, 0.1) is 0 Å². The molecule has 30 heavy (non-hydrogen) atoms. The van der Waals surface area contributed by atoms with Gasteiger partial charge >= 0.3 is 0 Å². The molecule has 0 fully saturated rings. The van der Waals surface area contributed by atoms with Gasteiger partial charge in [0.15, 0.2) is 5.78 Å². The lowest BCUT2D eigenvalue weighted by molar-refractivity contribution is 0.103. The minimum absolute atomic E-state index is 0.0585. The van der Waals surface area contributed by atoms with Crippen LogP contribution in [0.5, 0.6) is 0 Å². The molecule has 2 aromatic heterocycles. The van der Waals surface area contributed by atoms with E-state index >= 15 is 0 Å². The molecule has 0 aliphatic carbocycles. The van der Waals surface area contributed by atoms with Crippen molar-refractivity contribution in [2.45, 2.75) is 32.9 Å². The molecule has 2 heterocycles. The highest BCUT2D eigenvalue weighted by Gasteiger charge is 2.18. The molecule has 4 aromatic rings. The van der Waals surface area contributed by atoms with E-state index < -0.39 is 5.54 Å². The van der Waals surface area contributed by atoms with E-state index in [1.807, 2.05) is 32.9 Å². The minimum Gasteiger partial charge on any atom is -0.289 e. The number of halogens is 1. The maximum atomic E-state index is 12.7. The second-order valence-corrected chi connectivity index (χ2v) is 8.63. The Labute approximate surface area is 178 Å². The SMILES string of the molecule is CC(C)(C)n1ncc2nn(Cc3ccc(C(=O)c4ccc(Cl)cc4)cc3)cc2c1=O. The van der Waals surface area contributed by atoms with E-state index in [2.05, 4.69) is 10.2 Å². The van der Waals surface area contributed by atoms with Gasteiger partial charge in [0.05, 0.1) is 23.7 Å². The van der Waals surface area contributed by atoms with E-state index in [-0.39, 0.29) is 11.3 Å². The molecule has 0 N–H and O–H groups in total. The zero-order chi connectivity index (χ0) is 21.5. The Morgan fingerprint density at radius 2 is 1.60 bits per heavy atom. The molecule has 0 unspecified atom stereocenters. The van der Waals surface area contributed by atoms with Crippen molar-refractivity contribution in [1.29, 1.82) is 0 Å². The smallest absolute Gasteiger partial charge is 0.278 e. The highest BCUT2D eigenvalue weighted by molar-refractivity contribution is 6.30. The predicted molar refractivity (Wildman–Crippen MR) is 117 cm³/mol. The molecule has 0 radical (unpaired) electrons. The van der Waals surface area contributed by atoms with Gasteiger partial charge in [-0.25, -0.2) is 4.68 Å². The largest absolute Gasteiger partial charge is 0.289 e. The van der Waals surface area contributed by atoms with Gasteiger partial charge in [-0.05, 0) is 50.6 Å². The third-order valence-corrected chi connectivity index (χ3v) is 5.06. The van der Waals surface area contributed by atoms with Gasteiger partial charge in [-0.3, -0.25) is 14.3 Å². The van der Waals surface area contributed by atoms with Crippen LogP contribution in [0.1, 0.15) is 42.3 Å². The number of benzene rings is 2. The first-order valence-corrected chi connectivity index (χ1v) is 9.95. The number of nitrogens with zero attached hydrogens (tertiary/aromatic N) is 4. The van der Waals surface area contributed by atoms with Gasteiger partial charge in [0, 0.05) is 22.3 Å². The monoisotopic (exact) mass is 420 g/mol. The summed E-state index contributed by atoms with van der Waals surface area (Å²) in [5.41, 5.74) is 2.17. The Balaban J connectivity index is 1.57. The average Bonchev–Trinajstić information content (AvgIpc) is 3.11. The molecule has 0 aliphatic heterocycles. The van der Waals surface area contributed by atoms with E-state index in [4.69, 9.17) is 11.6 Å². The van der Waals surface area contributed by atoms with Crippen molar-refractivity contribution in [3.63, 3.8) is 0 Å². The lowest BCUT2D eigenvalue weighted by Crippen LogP contribution is -2.35. The molecule has 4 rings (SSSR count). The number of fused-ring (bicyclic) bond motifs is 1. The zero-order valence-corrected chi connectivity index (χ0v) is 17.7. The van der Waals surface area contributed by atoms with Crippen LogP contribution in [0.15, 0.2) is 65.7 Å². The summed E-state index contributed by atoms with van der Waals surface area (Å²) in [5, 5.41) is 9.84. The first kappa shape index (κ1) is 20.0. The summed E-state index contributed by atoms with van der Waals surface area (Å²) in [6.45, 7) is 6.29. The van der Waals surface area contributed by atoms with Crippen molar-refractivity contribution in [2.24, 2.45) is 0 Å². The first-order valence-electron chi connectivity index (χ1n) is 9.57. The van der Waals surface area contributed by atoms with E-state index in [9.17, 15) is 9.59 Å². The van der Waals surface area contributed by atoms with Crippen LogP contribution in [-0.4, -0.2) is 25.3 Å². The lowest BCUT2D eigenvalue weighted by Gasteiger charge is -2.19. The Morgan fingerprint density at radius 3 is 2.20 bits per heavy atom. The maximum Gasteiger partial charge on any atom is 0.278 e. The van der Waals surface area contributed by atoms with Crippen LogP contribution in [0.4, 0.5) is 0 Å². The maximum absolute atomic E-state index is 12.7. The molecule has 0 bridgehead atoms. The second kappa shape index (κ2) is 7.54. The lowest BCUT2D eigenvalue weighted by atomic mass is 10.0. The molecule has 152 valence electrons. The van der Waals surface area contributed by atoms with E-state index in [1.54, 1.807) is 53.5 Å². The fourth-order valence-corrected chi connectivity index (χ4v) is 3.38. The highest BCUT2D eigenvalue weighted by atomic mass is 35.5. The normalized spacial score (nSPS) is 11.7. The second-order valence-electron chi connectivity index (χ2n) is 8.19. The highest BCUT2D eigenvalue weighted by Crippen LogP contribution is 2.16. The molecule has 0 saturated heterocycles. The molecule has 0 aliphatic rings. The molecule has 6 nitrogen and oxygen atoms in total. The van der Waals surface area contributed by atoms with Crippen molar-refractivity contribution >= 4 is 28.3 Å². The van der Waals surface area contributed by atoms with Crippen LogP contribution in [-0.2, 0) is 12.1 Å². The molecule has 0 amide bonds. The van der Waals surface area contributed by atoms with E-state index in [1.165, 1.54) is 4.68 Å². The summed E-state index contributed by atoms with van der Waals surface area (Å²) in [6.07, 6.45) is 3.36. The molecule has 7 heteroatoms. The van der Waals surface area contributed by atoms with Gasteiger partial charge in [0.1, 0.15) is 5.52 Å². The van der Waals surface area contributed by atoms with Gasteiger partial charge in [-0.1, -0.05) is 35.9 Å². The molecule has 0 atom stereocenters. The van der Waals surface area contributed by atoms with Gasteiger partial charge < -0.3 is 0 Å². The Hall–Kier alpha value is -3.25. The molecule has 0 spiro atoms. The van der Waals surface area contributed by atoms with Crippen molar-refractivity contribution in [3.8, 4) is 0 Å². The van der Waals surface area contributed by atoms with Gasteiger partial charge in [-0.15, -0.1) is 0 Å². The number of rotatable bonds is 4. The fraction of sp³-hybridized carbons (Fsp3) is 0.217. The Kier molecular flexibility index (Phi) is 5.03. The van der Waals surface area contributed by atoms with Gasteiger partial charge in [-0.2, -0.15) is 10.2 Å². The number of aromatic nitrogens is 4. The third-order valence-electron chi connectivity index (χ3n) is 4.81. The average molecular weight is 421 g/mol. The molecule has 2 aromatic carbocycles. The fourth-order valence-electron chi connectivity index (χ4n) is 3.25. The van der Waals surface area contributed by atoms with Crippen LogP contribution in [0.25, 0.3) is 10.9 Å². The molecule has 0 saturated carbocycles. The quantitative estimate of drug-likeness (QED) is 0.462. The van der Waals surface area contributed by atoms with Crippen LogP contribution >= 0.6 is 11.6 Å². The van der Waals surface area contributed by atoms with Gasteiger partial charge in [0.25, 0.3) is 5.56 Å². The first-order chi connectivity index (χ1) is 14.2. The van der Waals surface area contributed by atoms with Gasteiger partial charge in [0.2, 0.25) is 0 Å². The predicted octanol–water partition coefficient (Wildman–Crippen LogP) is 4.28. The molecular formula is C23H21ClN4O2.